The molecular formula is C19H31N3O3. The summed E-state index contributed by atoms with van der Waals surface area (Å²) in [5, 5.41) is 14.5. The number of hydrogen-bond donors (Lipinski definition) is 1. The van der Waals surface area contributed by atoms with Crippen LogP contribution in [0.1, 0.15) is 76.9 Å². The van der Waals surface area contributed by atoms with Gasteiger partial charge in [-0.2, -0.15) is 4.98 Å². The summed E-state index contributed by atoms with van der Waals surface area (Å²) in [4.78, 5) is 6.90. The van der Waals surface area contributed by atoms with E-state index in [1.807, 2.05) is 0 Å². The van der Waals surface area contributed by atoms with Crippen LogP contribution in [0.3, 0.4) is 0 Å². The van der Waals surface area contributed by atoms with Gasteiger partial charge >= 0.3 is 0 Å². The molecule has 25 heavy (non-hydrogen) atoms. The molecule has 2 atom stereocenters. The van der Waals surface area contributed by atoms with Crippen molar-refractivity contribution in [3.05, 3.63) is 11.7 Å². The highest BCUT2D eigenvalue weighted by atomic mass is 16.5. The molecule has 0 unspecified atom stereocenters. The number of aliphatic hydroxyl groups excluding tert-OH is 1. The molecule has 0 aromatic carbocycles. The molecule has 6 heteroatoms. The second-order valence-electron chi connectivity index (χ2n) is 9.35. The number of ether oxygens (including phenoxy) is 1. The monoisotopic (exact) mass is 349 g/mol. The van der Waals surface area contributed by atoms with Gasteiger partial charge < -0.3 is 14.4 Å². The second-order valence-corrected chi connectivity index (χ2v) is 9.35. The van der Waals surface area contributed by atoms with Crippen LogP contribution in [0.5, 0.6) is 0 Å². The largest absolute Gasteiger partial charge is 0.393 e. The maximum Gasteiger partial charge on any atom is 0.240 e. The molecule has 0 bridgehead atoms. The van der Waals surface area contributed by atoms with Crippen molar-refractivity contribution < 1.29 is 14.4 Å². The first-order valence-corrected chi connectivity index (χ1v) is 9.74. The van der Waals surface area contributed by atoms with Crippen molar-refractivity contribution in [3.8, 4) is 0 Å². The summed E-state index contributed by atoms with van der Waals surface area (Å²) >= 11 is 0. The minimum Gasteiger partial charge on any atom is -0.393 e. The number of piperidine rings is 1. The Morgan fingerprint density at radius 2 is 1.96 bits per heavy atom. The van der Waals surface area contributed by atoms with Crippen molar-refractivity contribution in [3.63, 3.8) is 0 Å². The normalized spacial score (nSPS) is 30.7. The van der Waals surface area contributed by atoms with Crippen LogP contribution >= 0.6 is 0 Å². The number of hydrogen-bond acceptors (Lipinski definition) is 6. The van der Waals surface area contributed by atoms with Gasteiger partial charge in [-0.05, 0) is 31.1 Å². The van der Waals surface area contributed by atoms with Crippen LogP contribution in [0.4, 0.5) is 0 Å². The standard InChI is InChI=1S/C19H31N3O3/c1-18(2,3)15-10-14(23)11-19(24-15)6-8-22(9-7-19)12-16-20-17(21-25-16)13-4-5-13/h13-15,23H,4-12H2,1-3H3/t14-,15-/m1/s1. The Balaban J connectivity index is 1.35. The van der Waals surface area contributed by atoms with E-state index in [1.54, 1.807) is 0 Å². The molecule has 0 radical (unpaired) electrons. The van der Waals surface area contributed by atoms with Crippen LogP contribution in [0.25, 0.3) is 0 Å². The minimum atomic E-state index is -0.249. The lowest BCUT2D eigenvalue weighted by Gasteiger charge is -2.50. The molecule has 0 amide bonds. The topological polar surface area (TPSA) is 71.6 Å². The molecule has 3 heterocycles. The summed E-state index contributed by atoms with van der Waals surface area (Å²) in [5.74, 6) is 2.15. The molecule has 140 valence electrons. The Hall–Kier alpha value is -0.980. The van der Waals surface area contributed by atoms with Gasteiger partial charge in [0.25, 0.3) is 0 Å². The Labute approximate surface area is 149 Å². The molecular weight excluding hydrogens is 318 g/mol. The average molecular weight is 349 g/mol. The smallest absolute Gasteiger partial charge is 0.240 e. The molecule has 2 aliphatic heterocycles. The van der Waals surface area contributed by atoms with Crippen molar-refractivity contribution in [1.29, 1.82) is 0 Å². The zero-order valence-corrected chi connectivity index (χ0v) is 15.7. The molecule has 1 aromatic rings. The van der Waals surface area contributed by atoms with E-state index < -0.39 is 0 Å². The Morgan fingerprint density at radius 1 is 1.24 bits per heavy atom. The van der Waals surface area contributed by atoms with Gasteiger partial charge in [0.15, 0.2) is 5.82 Å². The predicted molar refractivity (Wildman–Crippen MR) is 93.1 cm³/mol. The molecule has 2 saturated heterocycles. The van der Waals surface area contributed by atoms with E-state index in [1.165, 1.54) is 12.8 Å². The molecule has 1 spiro atoms. The highest BCUT2D eigenvalue weighted by Crippen LogP contribution is 2.42. The fourth-order valence-electron chi connectivity index (χ4n) is 4.16. The SMILES string of the molecule is CC(C)(C)[C@H]1C[C@@H](O)CC2(CCN(Cc3nc(C4CC4)no3)CC2)O1. The fourth-order valence-corrected chi connectivity index (χ4v) is 4.16. The Kier molecular flexibility index (Phi) is 4.41. The summed E-state index contributed by atoms with van der Waals surface area (Å²) in [6, 6.07) is 0. The van der Waals surface area contributed by atoms with Crippen molar-refractivity contribution in [2.45, 2.75) is 89.6 Å². The zero-order chi connectivity index (χ0) is 17.7. The first-order valence-electron chi connectivity index (χ1n) is 9.74. The summed E-state index contributed by atoms with van der Waals surface area (Å²) < 4.78 is 12.0. The van der Waals surface area contributed by atoms with E-state index >= 15 is 0 Å². The van der Waals surface area contributed by atoms with Gasteiger partial charge in [-0.1, -0.05) is 25.9 Å². The van der Waals surface area contributed by atoms with Crippen LogP contribution in [0.15, 0.2) is 4.52 Å². The quantitative estimate of drug-likeness (QED) is 0.905. The number of likely N-dealkylation sites (tertiary alicyclic amines) is 1. The van der Waals surface area contributed by atoms with Crippen molar-refractivity contribution in [2.24, 2.45) is 5.41 Å². The highest BCUT2D eigenvalue weighted by molar-refractivity contribution is 5.03. The lowest BCUT2D eigenvalue weighted by Crippen LogP contribution is -2.55. The van der Waals surface area contributed by atoms with E-state index in [2.05, 4.69) is 35.8 Å². The van der Waals surface area contributed by atoms with E-state index in [0.717, 1.165) is 57.0 Å². The van der Waals surface area contributed by atoms with Gasteiger partial charge in [-0.25, -0.2) is 0 Å². The first kappa shape index (κ1) is 17.4. The summed E-state index contributed by atoms with van der Waals surface area (Å²) in [5.41, 5.74) is -0.103. The zero-order valence-electron chi connectivity index (χ0n) is 15.7. The van der Waals surface area contributed by atoms with Crippen LogP contribution in [0, 0.1) is 5.41 Å². The van der Waals surface area contributed by atoms with E-state index in [0.29, 0.717) is 5.92 Å². The van der Waals surface area contributed by atoms with Crippen LogP contribution in [-0.2, 0) is 11.3 Å². The van der Waals surface area contributed by atoms with Crippen LogP contribution < -0.4 is 0 Å². The second kappa shape index (κ2) is 6.32. The lowest BCUT2D eigenvalue weighted by atomic mass is 9.76. The molecule has 6 nitrogen and oxygen atoms in total. The molecule has 1 aromatic heterocycles. The van der Waals surface area contributed by atoms with E-state index in [9.17, 15) is 5.11 Å². The highest BCUT2D eigenvalue weighted by Gasteiger charge is 2.46. The number of aromatic nitrogens is 2. The summed E-state index contributed by atoms with van der Waals surface area (Å²) in [6.07, 6.45) is 5.70. The number of nitrogens with zero attached hydrogens (tertiary/aromatic N) is 3. The first-order chi connectivity index (χ1) is 11.8. The number of aliphatic hydroxyl groups is 1. The van der Waals surface area contributed by atoms with Gasteiger partial charge in [0.2, 0.25) is 5.89 Å². The van der Waals surface area contributed by atoms with Crippen molar-refractivity contribution in [1.82, 2.24) is 15.0 Å². The third kappa shape index (κ3) is 3.91. The maximum atomic E-state index is 10.4. The maximum absolute atomic E-state index is 10.4. The molecule has 1 aliphatic carbocycles. The number of rotatable bonds is 3. The van der Waals surface area contributed by atoms with Gasteiger partial charge in [-0.3, -0.25) is 4.90 Å². The third-order valence-corrected chi connectivity index (χ3v) is 6.00. The van der Waals surface area contributed by atoms with Gasteiger partial charge in [0, 0.05) is 31.8 Å². The Bertz CT molecular complexity index is 597. The van der Waals surface area contributed by atoms with Crippen molar-refractivity contribution >= 4 is 0 Å². The lowest BCUT2D eigenvalue weighted by molar-refractivity contribution is -0.208. The van der Waals surface area contributed by atoms with Gasteiger partial charge in [-0.15, -0.1) is 0 Å². The fraction of sp³-hybridized carbons (Fsp3) is 0.895. The van der Waals surface area contributed by atoms with Crippen LogP contribution in [0.2, 0.25) is 0 Å². The summed E-state index contributed by atoms with van der Waals surface area (Å²) in [7, 11) is 0. The minimum absolute atomic E-state index is 0.0640. The molecule has 3 fully saturated rings. The molecule has 3 aliphatic rings. The molecule has 1 saturated carbocycles. The molecule has 1 N–H and O–H groups in total. The van der Waals surface area contributed by atoms with E-state index in [4.69, 9.17) is 9.26 Å². The predicted octanol–water partition coefficient (Wildman–Crippen LogP) is 2.87. The average Bonchev–Trinajstić information content (AvgIpc) is 3.28. The van der Waals surface area contributed by atoms with Crippen LogP contribution in [-0.4, -0.2) is 51.0 Å². The van der Waals surface area contributed by atoms with Crippen molar-refractivity contribution in [2.75, 3.05) is 13.1 Å². The van der Waals surface area contributed by atoms with Gasteiger partial charge in [0.1, 0.15) is 0 Å². The summed E-state index contributed by atoms with van der Waals surface area (Å²) in [6.45, 7) is 9.22. The van der Waals surface area contributed by atoms with E-state index in [-0.39, 0.29) is 23.2 Å². The Morgan fingerprint density at radius 3 is 2.60 bits per heavy atom. The molecule has 4 rings (SSSR count). The van der Waals surface area contributed by atoms with Gasteiger partial charge in [0.05, 0.1) is 24.4 Å². The third-order valence-electron chi connectivity index (χ3n) is 6.00.